The van der Waals surface area contributed by atoms with Crippen molar-refractivity contribution in [3.63, 3.8) is 0 Å². The van der Waals surface area contributed by atoms with Gasteiger partial charge in [-0.25, -0.2) is 0 Å². The Morgan fingerprint density at radius 1 is 1.29 bits per heavy atom. The van der Waals surface area contributed by atoms with E-state index < -0.39 is 6.10 Å². The highest BCUT2D eigenvalue weighted by molar-refractivity contribution is 5.21. The van der Waals surface area contributed by atoms with Crippen molar-refractivity contribution >= 4 is 0 Å². The van der Waals surface area contributed by atoms with Crippen LogP contribution in [0.5, 0.6) is 0 Å². The molecule has 0 saturated heterocycles. The minimum Gasteiger partial charge on any atom is -0.390 e. The van der Waals surface area contributed by atoms with Gasteiger partial charge in [0.2, 0.25) is 0 Å². The van der Waals surface area contributed by atoms with Crippen molar-refractivity contribution in [1.82, 2.24) is 20.1 Å². The molecule has 0 amide bonds. The molecule has 21 heavy (non-hydrogen) atoms. The molecule has 0 spiro atoms. The van der Waals surface area contributed by atoms with Crippen molar-refractivity contribution in [2.75, 3.05) is 6.54 Å². The molecule has 5 nitrogen and oxygen atoms in total. The maximum Gasteiger partial charge on any atom is 0.0860 e. The number of hydrogen-bond donors (Lipinski definition) is 2. The Kier molecular flexibility index (Phi) is 5.47. The van der Waals surface area contributed by atoms with E-state index in [1.165, 1.54) is 5.56 Å². The number of nitrogens with one attached hydrogen (secondary N) is 1. The van der Waals surface area contributed by atoms with Gasteiger partial charge in [-0.15, -0.1) is 0 Å². The van der Waals surface area contributed by atoms with Crippen LogP contribution < -0.4 is 5.32 Å². The molecule has 5 heteroatoms. The normalized spacial score (nSPS) is 14.3. The monoisotopic (exact) mass is 288 g/mol. The molecule has 0 aromatic carbocycles. The Bertz CT molecular complexity index is 539. The van der Waals surface area contributed by atoms with Crippen molar-refractivity contribution in [2.24, 2.45) is 5.92 Å². The van der Waals surface area contributed by atoms with E-state index in [0.717, 1.165) is 5.69 Å². The Morgan fingerprint density at radius 3 is 2.71 bits per heavy atom. The first-order valence-electron chi connectivity index (χ1n) is 7.38. The molecule has 2 heterocycles. The number of aliphatic hydroxyl groups is 1. The van der Waals surface area contributed by atoms with Gasteiger partial charge in [0, 0.05) is 25.1 Å². The van der Waals surface area contributed by atoms with Gasteiger partial charge >= 0.3 is 0 Å². The van der Waals surface area contributed by atoms with Gasteiger partial charge in [-0.05, 0) is 30.5 Å². The molecule has 2 aromatic rings. The predicted octanol–water partition coefficient (Wildman–Crippen LogP) is 1.93. The first-order valence-corrected chi connectivity index (χ1v) is 7.38. The molecule has 0 aliphatic rings. The second kappa shape index (κ2) is 7.33. The molecule has 0 saturated carbocycles. The zero-order valence-corrected chi connectivity index (χ0v) is 12.9. The molecule has 2 atom stereocenters. The van der Waals surface area contributed by atoms with E-state index in [0.29, 0.717) is 19.0 Å². The number of rotatable bonds is 7. The molecule has 0 radical (unpaired) electrons. The van der Waals surface area contributed by atoms with Crippen LogP contribution in [0.25, 0.3) is 0 Å². The number of aryl methyl sites for hydroxylation is 1. The lowest BCUT2D eigenvalue weighted by atomic mass is 9.97. The van der Waals surface area contributed by atoms with Gasteiger partial charge in [0.05, 0.1) is 24.4 Å². The predicted molar refractivity (Wildman–Crippen MR) is 82.8 cm³/mol. The number of pyridine rings is 1. The third-order valence-electron chi connectivity index (χ3n) is 3.54. The van der Waals surface area contributed by atoms with E-state index >= 15 is 0 Å². The minimum atomic E-state index is -0.477. The van der Waals surface area contributed by atoms with Crippen LogP contribution in [0.2, 0.25) is 0 Å². The zero-order chi connectivity index (χ0) is 15.2. The van der Waals surface area contributed by atoms with Crippen LogP contribution in [-0.4, -0.2) is 32.5 Å². The summed E-state index contributed by atoms with van der Waals surface area (Å²) in [5.41, 5.74) is 2.23. The van der Waals surface area contributed by atoms with E-state index in [9.17, 15) is 5.11 Å². The van der Waals surface area contributed by atoms with Crippen LogP contribution in [0.3, 0.4) is 0 Å². The minimum absolute atomic E-state index is 0.137. The summed E-state index contributed by atoms with van der Waals surface area (Å²) in [5.74, 6) is 0.399. The van der Waals surface area contributed by atoms with Crippen molar-refractivity contribution in [3.05, 3.63) is 48.0 Å². The van der Waals surface area contributed by atoms with Crippen molar-refractivity contribution in [2.45, 2.75) is 39.5 Å². The van der Waals surface area contributed by atoms with Gasteiger partial charge in [0.15, 0.2) is 0 Å². The Labute approximate surface area is 126 Å². The second-order valence-corrected chi connectivity index (χ2v) is 5.72. The van der Waals surface area contributed by atoms with E-state index in [1.807, 2.05) is 24.5 Å². The van der Waals surface area contributed by atoms with Gasteiger partial charge in [-0.3, -0.25) is 9.67 Å². The van der Waals surface area contributed by atoms with Crippen LogP contribution >= 0.6 is 0 Å². The summed E-state index contributed by atoms with van der Waals surface area (Å²) in [6.45, 7) is 7.39. The van der Waals surface area contributed by atoms with E-state index in [-0.39, 0.29) is 6.04 Å². The molecular weight excluding hydrogens is 264 g/mol. The molecule has 0 fully saturated rings. The highest BCUT2D eigenvalue weighted by Gasteiger charge is 2.19. The molecule has 2 aromatic heterocycles. The number of nitrogens with zero attached hydrogens (tertiary/aromatic N) is 3. The fraction of sp³-hybridized carbons (Fsp3) is 0.500. The van der Waals surface area contributed by atoms with Crippen LogP contribution in [0.15, 0.2) is 36.8 Å². The van der Waals surface area contributed by atoms with Gasteiger partial charge in [0.25, 0.3) is 0 Å². The summed E-state index contributed by atoms with van der Waals surface area (Å²) in [6, 6.07) is 6.01. The Balaban J connectivity index is 1.96. The summed E-state index contributed by atoms with van der Waals surface area (Å²) in [4.78, 5) is 4.49. The molecular formula is C16H24N4O. The van der Waals surface area contributed by atoms with Gasteiger partial charge in [-0.1, -0.05) is 19.9 Å². The fourth-order valence-electron chi connectivity index (χ4n) is 2.42. The lowest BCUT2D eigenvalue weighted by Gasteiger charge is -2.25. The highest BCUT2D eigenvalue weighted by atomic mass is 16.3. The average molecular weight is 288 g/mol. The zero-order valence-electron chi connectivity index (χ0n) is 12.9. The highest BCUT2D eigenvalue weighted by Crippen LogP contribution is 2.22. The van der Waals surface area contributed by atoms with Crippen LogP contribution in [0.1, 0.15) is 31.1 Å². The molecule has 2 rings (SSSR count). The fourth-order valence-corrected chi connectivity index (χ4v) is 2.42. The second-order valence-electron chi connectivity index (χ2n) is 5.72. The number of aliphatic hydroxyl groups excluding tert-OH is 1. The topological polar surface area (TPSA) is 63.0 Å². The first-order chi connectivity index (χ1) is 10.1. The smallest absolute Gasteiger partial charge is 0.0860 e. The molecule has 0 aliphatic carbocycles. The molecule has 0 bridgehead atoms. The van der Waals surface area contributed by atoms with Crippen molar-refractivity contribution in [1.29, 1.82) is 0 Å². The number of aromatic nitrogens is 3. The molecule has 0 unspecified atom stereocenters. The summed E-state index contributed by atoms with van der Waals surface area (Å²) >= 11 is 0. The van der Waals surface area contributed by atoms with Crippen molar-refractivity contribution < 1.29 is 5.11 Å². The van der Waals surface area contributed by atoms with Gasteiger partial charge in [0.1, 0.15) is 0 Å². The maximum absolute atomic E-state index is 10.1. The molecule has 2 N–H and O–H groups in total. The largest absolute Gasteiger partial charge is 0.390 e. The quantitative estimate of drug-likeness (QED) is 0.817. The van der Waals surface area contributed by atoms with Crippen molar-refractivity contribution in [3.8, 4) is 0 Å². The summed E-state index contributed by atoms with van der Waals surface area (Å²) in [5, 5.41) is 17.7. The summed E-state index contributed by atoms with van der Waals surface area (Å²) in [7, 11) is 0. The Morgan fingerprint density at radius 2 is 2.10 bits per heavy atom. The third kappa shape index (κ3) is 4.37. The van der Waals surface area contributed by atoms with E-state index in [4.69, 9.17) is 0 Å². The molecule has 0 aliphatic heterocycles. The Hall–Kier alpha value is -1.72. The lowest BCUT2D eigenvalue weighted by molar-refractivity contribution is 0.139. The summed E-state index contributed by atoms with van der Waals surface area (Å²) < 4.78 is 1.74. The third-order valence-corrected chi connectivity index (χ3v) is 3.54. The summed E-state index contributed by atoms with van der Waals surface area (Å²) in [6.07, 6.45) is 4.91. The standard InChI is InChI=1S/C16H24N4O/c1-12(2)15(16-13(3)6-4-7-17-16)18-10-14(21)11-20-9-5-8-19-20/h4-9,12,14-15,18,21H,10-11H2,1-3H3/t14-,15+/m0/s1. The molecule has 114 valence electrons. The average Bonchev–Trinajstić information content (AvgIpc) is 2.93. The van der Waals surface area contributed by atoms with E-state index in [2.05, 4.69) is 42.2 Å². The lowest BCUT2D eigenvalue weighted by Crippen LogP contribution is -2.35. The maximum atomic E-state index is 10.1. The van der Waals surface area contributed by atoms with Crippen LogP contribution in [0, 0.1) is 12.8 Å². The van der Waals surface area contributed by atoms with Crippen LogP contribution in [-0.2, 0) is 6.54 Å². The SMILES string of the molecule is Cc1cccnc1[C@H](NC[C@H](O)Cn1cccn1)C(C)C. The van der Waals surface area contributed by atoms with Crippen LogP contribution in [0.4, 0.5) is 0 Å². The van der Waals surface area contributed by atoms with Gasteiger partial charge in [-0.2, -0.15) is 5.10 Å². The first kappa shape index (κ1) is 15.7. The number of hydrogen-bond acceptors (Lipinski definition) is 4. The van der Waals surface area contributed by atoms with E-state index in [1.54, 1.807) is 10.9 Å². The van der Waals surface area contributed by atoms with Gasteiger partial charge < -0.3 is 10.4 Å².